The number of rotatable bonds is 7. The van der Waals surface area contributed by atoms with E-state index in [1.54, 1.807) is 38.4 Å². The van der Waals surface area contributed by atoms with Crippen LogP contribution in [0.5, 0.6) is 5.75 Å². The van der Waals surface area contributed by atoms with Gasteiger partial charge in [0.25, 0.3) is 5.91 Å². The minimum absolute atomic E-state index is 0.0817. The summed E-state index contributed by atoms with van der Waals surface area (Å²) in [6, 6.07) is 12.8. The molecule has 0 aliphatic rings. The Hall–Kier alpha value is -3.41. The average Bonchev–Trinajstić information content (AvgIpc) is 3.00. The lowest BCUT2D eigenvalue weighted by atomic mass is 10.1. The highest BCUT2D eigenvalue weighted by atomic mass is 16.5. The number of amides is 1. The molecule has 1 amide bonds. The molecule has 0 aliphatic heterocycles. The summed E-state index contributed by atoms with van der Waals surface area (Å²) < 4.78 is 5.54. The number of ether oxygens (including phenoxy) is 1. The van der Waals surface area contributed by atoms with Crippen molar-refractivity contribution < 1.29 is 14.3 Å². The van der Waals surface area contributed by atoms with Crippen molar-refractivity contribution in [3.63, 3.8) is 0 Å². The molecule has 0 atom stereocenters. The number of para-hydroxylation sites is 1. The van der Waals surface area contributed by atoms with Crippen LogP contribution in [0.3, 0.4) is 0 Å². The van der Waals surface area contributed by atoms with E-state index in [2.05, 4.69) is 15.3 Å². The summed E-state index contributed by atoms with van der Waals surface area (Å²) in [5, 5.41) is 2.85. The van der Waals surface area contributed by atoms with Gasteiger partial charge in [-0.25, -0.2) is 0 Å². The van der Waals surface area contributed by atoms with Crippen LogP contribution < -0.4 is 10.1 Å². The first kappa shape index (κ1) is 18.4. The fraction of sp³-hybridized carbons (Fsp3) is 0.190. The van der Waals surface area contributed by atoms with Gasteiger partial charge in [-0.15, -0.1) is 0 Å². The summed E-state index contributed by atoms with van der Waals surface area (Å²) in [5.41, 5.74) is 3.13. The van der Waals surface area contributed by atoms with Crippen LogP contribution in [-0.2, 0) is 6.54 Å². The Morgan fingerprint density at radius 3 is 2.48 bits per heavy atom. The molecule has 2 aromatic heterocycles. The molecule has 138 valence electrons. The number of aryl methyl sites for hydroxylation is 1. The molecule has 0 fully saturated rings. The van der Waals surface area contributed by atoms with Gasteiger partial charge in [0.2, 0.25) is 5.78 Å². The summed E-state index contributed by atoms with van der Waals surface area (Å²) in [6.07, 6.45) is 3.35. The van der Waals surface area contributed by atoms with Crippen LogP contribution in [0.4, 0.5) is 0 Å². The number of benzene rings is 1. The average molecular weight is 363 g/mol. The lowest BCUT2D eigenvalue weighted by Gasteiger charge is -2.07. The van der Waals surface area contributed by atoms with Crippen molar-refractivity contribution in [3.8, 4) is 5.75 Å². The van der Waals surface area contributed by atoms with E-state index >= 15 is 0 Å². The second-order valence-corrected chi connectivity index (χ2v) is 6.19. The number of aromatic nitrogens is 2. The largest absolute Gasteiger partial charge is 0.485 e. The number of hydrogen-bond acceptors (Lipinski definition) is 4. The van der Waals surface area contributed by atoms with Crippen LogP contribution in [0.2, 0.25) is 0 Å². The Bertz CT molecular complexity index is 934. The molecule has 0 unspecified atom stereocenters. The van der Waals surface area contributed by atoms with Gasteiger partial charge >= 0.3 is 0 Å². The quantitative estimate of drug-likeness (QED) is 0.631. The second kappa shape index (κ2) is 8.31. The zero-order valence-corrected chi connectivity index (χ0v) is 15.3. The fourth-order valence-corrected chi connectivity index (χ4v) is 2.90. The maximum Gasteiger partial charge on any atom is 0.268 e. The summed E-state index contributed by atoms with van der Waals surface area (Å²) in [7, 11) is 0. The molecule has 0 saturated heterocycles. The standard InChI is InChI=1S/C21H21N3O3/c1-14-19(18(25)13-27-17-6-4-3-5-7-17)15(2)24-20(14)21(26)23-12-16-8-10-22-11-9-16/h3-11,24H,12-13H2,1-2H3,(H,23,26). The van der Waals surface area contributed by atoms with Gasteiger partial charge in [-0.3, -0.25) is 14.6 Å². The van der Waals surface area contributed by atoms with E-state index in [-0.39, 0.29) is 18.3 Å². The normalized spacial score (nSPS) is 10.4. The van der Waals surface area contributed by atoms with E-state index in [9.17, 15) is 9.59 Å². The van der Waals surface area contributed by atoms with Crippen LogP contribution in [-0.4, -0.2) is 28.3 Å². The molecular formula is C21H21N3O3. The molecule has 3 rings (SSSR count). The van der Waals surface area contributed by atoms with Gasteiger partial charge in [-0.1, -0.05) is 18.2 Å². The van der Waals surface area contributed by atoms with Crippen LogP contribution in [0.25, 0.3) is 0 Å². The fourth-order valence-electron chi connectivity index (χ4n) is 2.90. The van der Waals surface area contributed by atoms with Gasteiger partial charge in [0.05, 0.1) is 0 Å². The van der Waals surface area contributed by atoms with Crippen LogP contribution in [0, 0.1) is 13.8 Å². The molecule has 0 saturated carbocycles. The van der Waals surface area contributed by atoms with E-state index in [1.165, 1.54) is 0 Å². The van der Waals surface area contributed by atoms with Crippen LogP contribution in [0.15, 0.2) is 54.9 Å². The third kappa shape index (κ3) is 4.41. The zero-order chi connectivity index (χ0) is 19.2. The number of aromatic amines is 1. The molecule has 6 nitrogen and oxygen atoms in total. The second-order valence-electron chi connectivity index (χ2n) is 6.19. The molecule has 0 aliphatic carbocycles. The van der Waals surface area contributed by atoms with Crippen molar-refractivity contribution in [1.82, 2.24) is 15.3 Å². The highest BCUT2D eigenvalue weighted by molar-refractivity contribution is 6.04. The zero-order valence-electron chi connectivity index (χ0n) is 15.3. The number of carbonyl (C=O) groups is 2. The number of nitrogens with one attached hydrogen (secondary N) is 2. The van der Waals surface area contributed by atoms with Gasteiger partial charge in [-0.2, -0.15) is 0 Å². The third-order valence-electron chi connectivity index (χ3n) is 4.26. The number of hydrogen-bond donors (Lipinski definition) is 2. The minimum Gasteiger partial charge on any atom is -0.485 e. The Labute approximate surface area is 157 Å². The Balaban J connectivity index is 1.68. The number of pyridine rings is 1. The Morgan fingerprint density at radius 2 is 1.78 bits per heavy atom. The first-order chi connectivity index (χ1) is 13.1. The molecule has 2 N–H and O–H groups in total. The number of Topliss-reactive ketones (excluding diaryl/α,β-unsaturated/α-hetero) is 1. The molecule has 0 radical (unpaired) electrons. The maximum atomic E-state index is 12.6. The van der Waals surface area contributed by atoms with E-state index in [0.717, 1.165) is 5.56 Å². The van der Waals surface area contributed by atoms with Crippen molar-refractivity contribution in [2.45, 2.75) is 20.4 Å². The predicted octanol–water partition coefficient (Wildman–Crippen LogP) is 3.22. The van der Waals surface area contributed by atoms with Crippen molar-refractivity contribution in [3.05, 3.63) is 82.9 Å². The SMILES string of the molecule is Cc1[nH]c(C(=O)NCc2ccncc2)c(C)c1C(=O)COc1ccccc1. The van der Waals surface area contributed by atoms with E-state index < -0.39 is 0 Å². The van der Waals surface area contributed by atoms with E-state index in [0.29, 0.717) is 34.8 Å². The highest BCUT2D eigenvalue weighted by Gasteiger charge is 2.22. The third-order valence-corrected chi connectivity index (χ3v) is 4.26. The van der Waals surface area contributed by atoms with Gasteiger partial charge in [0, 0.05) is 30.2 Å². The Morgan fingerprint density at radius 1 is 1.07 bits per heavy atom. The van der Waals surface area contributed by atoms with Gasteiger partial charge in [0.15, 0.2) is 6.61 Å². The number of carbonyl (C=O) groups excluding carboxylic acids is 2. The van der Waals surface area contributed by atoms with Gasteiger partial charge in [-0.05, 0) is 49.2 Å². The molecule has 3 aromatic rings. The molecule has 2 heterocycles. The summed E-state index contributed by atoms with van der Waals surface area (Å²) >= 11 is 0. The number of nitrogens with zero attached hydrogens (tertiary/aromatic N) is 1. The van der Waals surface area contributed by atoms with Gasteiger partial charge < -0.3 is 15.0 Å². The van der Waals surface area contributed by atoms with Crippen LogP contribution in [0.1, 0.15) is 37.7 Å². The van der Waals surface area contributed by atoms with E-state index in [4.69, 9.17) is 4.74 Å². The van der Waals surface area contributed by atoms with Crippen molar-refractivity contribution in [2.75, 3.05) is 6.61 Å². The first-order valence-corrected chi connectivity index (χ1v) is 8.63. The molecule has 6 heteroatoms. The first-order valence-electron chi connectivity index (χ1n) is 8.63. The van der Waals surface area contributed by atoms with E-state index in [1.807, 2.05) is 30.3 Å². The molecule has 1 aromatic carbocycles. The van der Waals surface area contributed by atoms with Crippen molar-refractivity contribution >= 4 is 11.7 Å². The lowest BCUT2D eigenvalue weighted by molar-refractivity contribution is 0.0920. The Kier molecular flexibility index (Phi) is 5.66. The maximum absolute atomic E-state index is 12.6. The van der Waals surface area contributed by atoms with Crippen molar-refractivity contribution in [2.24, 2.45) is 0 Å². The summed E-state index contributed by atoms with van der Waals surface area (Å²) in [6.45, 7) is 3.85. The van der Waals surface area contributed by atoms with Crippen LogP contribution >= 0.6 is 0 Å². The number of H-pyrrole nitrogens is 1. The molecule has 27 heavy (non-hydrogen) atoms. The summed E-state index contributed by atoms with van der Waals surface area (Å²) in [5.74, 6) is 0.209. The molecule has 0 bridgehead atoms. The summed E-state index contributed by atoms with van der Waals surface area (Å²) in [4.78, 5) is 32.1. The number of ketones is 1. The molecular weight excluding hydrogens is 342 g/mol. The topological polar surface area (TPSA) is 84.1 Å². The minimum atomic E-state index is -0.254. The highest BCUT2D eigenvalue weighted by Crippen LogP contribution is 2.19. The monoisotopic (exact) mass is 363 g/mol. The lowest BCUT2D eigenvalue weighted by Crippen LogP contribution is -2.24. The predicted molar refractivity (Wildman–Crippen MR) is 102 cm³/mol. The van der Waals surface area contributed by atoms with Gasteiger partial charge in [0.1, 0.15) is 11.4 Å². The smallest absolute Gasteiger partial charge is 0.268 e. The van der Waals surface area contributed by atoms with Crippen molar-refractivity contribution in [1.29, 1.82) is 0 Å². The molecule has 0 spiro atoms.